The summed E-state index contributed by atoms with van der Waals surface area (Å²) in [6.07, 6.45) is 1.24. The zero-order chi connectivity index (χ0) is 19.9. The Morgan fingerprint density at radius 2 is 1.54 bits per heavy atom. The Labute approximate surface area is 169 Å². The number of hydrogen-bond acceptors (Lipinski definition) is 3. The van der Waals surface area contributed by atoms with Crippen molar-refractivity contribution < 1.29 is 9.59 Å². The molecule has 0 fully saturated rings. The van der Waals surface area contributed by atoms with Gasteiger partial charge in [0.1, 0.15) is 0 Å². The molecule has 0 aliphatic heterocycles. The van der Waals surface area contributed by atoms with Crippen molar-refractivity contribution in [1.82, 2.24) is 0 Å². The Bertz CT molecular complexity index is 1000. The van der Waals surface area contributed by atoms with Gasteiger partial charge in [0, 0.05) is 17.8 Å². The molecule has 0 radical (unpaired) electrons. The minimum atomic E-state index is -0.188. The summed E-state index contributed by atoms with van der Waals surface area (Å²) in [5.41, 5.74) is 1.96. The monoisotopic (exact) mass is 395 g/mol. The van der Waals surface area contributed by atoms with Crippen molar-refractivity contribution in [2.75, 3.05) is 22.5 Å². The zero-order valence-electron chi connectivity index (χ0n) is 15.6. The normalized spacial score (nSPS) is 10.5. The van der Waals surface area contributed by atoms with E-state index in [4.69, 9.17) is 11.6 Å². The summed E-state index contributed by atoms with van der Waals surface area (Å²) in [7, 11) is 0. The van der Waals surface area contributed by atoms with Gasteiger partial charge in [-0.05, 0) is 47.5 Å². The number of fused-ring (bicyclic) bond motifs is 1. The summed E-state index contributed by atoms with van der Waals surface area (Å²) in [5.74, 6) is -0.239. The fourth-order valence-electron chi connectivity index (χ4n) is 2.84. The first-order chi connectivity index (χ1) is 13.5. The molecule has 144 valence electrons. The van der Waals surface area contributed by atoms with E-state index in [2.05, 4.69) is 16.0 Å². The minimum Gasteiger partial charge on any atom is -0.375 e. The topological polar surface area (TPSA) is 70.2 Å². The van der Waals surface area contributed by atoms with Crippen LogP contribution in [0.5, 0.6) is 0 Å². The number of halogens is 1. The van der Waals surface area contributed by atoms with E-state index in [0.29, 0.717) is 22.8 Å². The lowest BCUT2D eigenvalue weighted by atomic mass is 10.1. The van der Waals surface area contributed by atoms with Crippen molar-refractivity contribution in [3.05, 3.63) is 65.7 Å². The number of amides is 2. The van der Waals surface area contributed by atoms with E-state index in [1.807, 2.05) is 49.4 Å². The molecule has 28 heavy (non-hydrogen) atoms. The largest absolute Gasteiger partial charge is 0.375 e. The average Bonchev–Trinajstić information content (AvgIpc) is 2.68. The number of carbonyl (C=O) groups is 2. The summed E-state index contributed by atoms with van der Waals surface area (Å²) < 4.78 is 0. The smallest absolute Gasteiger partial charge is 0.243 e. The van der Waals surface area contributed by atoms with Crippen LogP contribution in [0.3, 0.4) is 0 Å². The first-order valence-electron chi connectivity index (χ1n) is 9.17. The predicted molar refractivity (Wildman–Crippen MR) is 116 cm³/mol. The van der Waals surface area contributed by atoms with Gasteiger partial charge in [-0.15, -0.1) is 0 Å². The Balaban J connectivity index is 1.61. The van der Waals surface area contributed by atoms with Crippen LogP contribution in [0.2, 0.25) is 5.02 Å². The molecular formula is C22H22ClN3O2. The first-order valence-corrected chi connectivity index (χ1v) is 9.55. The molecule has 3 aromatic carbocycles. The Morgan fingerprint density at radius 1 is 0.857 bits per heavy atom. The summed E-state index contributed by atoms with van der Waals surface area (Å²) >= 11 is 6.20. The maximum atomic E-state index is 12.3. The summed E-state index contributed by atoms with van der Waals surface area (Å²) in [6.45, 7) is 2.00. The van der Waals surface area contributed by atoms with Gasteiger partial charge in [0.05, 0.1) is 17.3 Å². The van der Waals surface area contributed by atoms with Crippen LogP contribution < -0.4 is 16.0 Å². The summed E-state index contributed by atoms with van der Waals surface area (Å²) in [5, 5.41) is 11.4. The first kappa shape index (κ1) is 19.7. The highest BCUT2D eigenvalue weighted by Gasteiger charge is 2.08. The molecule has 6 heteroatoms. The van der Waals surface area contributed by atoms with E-state index < -0.39 is 0 Å². The molecule has 0 spiro atoms. The van der Waals surface area contributed by atoms with Gasteiger partial charge in [-0.3, -0.25) is 9.59 Å². The molecule has 0 unspecified atom stereocenters. The number of anilines is 3. The van der Waals surface area contributed by atoms with Crippen LogP contribution in [0.4, 0.5) is 17.1 Å². The molecule has 0 saturated carbocycles. The number of rotatable bonds is 7. The third-order valence-corrected chi connectivity index (χ3v) is 4.53. The zero-order valence-corrected chi connectivity index (χ0v) is 16.3. The summed E-state index contributed by atoms with van der Waals surface area (Å²) in [4.78, 5) is 24.0. The van der Waals surface area contributed by atoms with Crippen molar-refractivity contribution in [1.29, 1.82) is 0 Å². The standard InChI is InChI=1S/C22H22ClN3O2/c1-2-5-21(27)25-18-10-11-19(23)20(13-18)24-14-22(28)26-17-9-8-15-6-3-4-7-16(15)12-17/h3-4,6-13,24H,2,5,14H2,1H3,(H,25,27)(H,26,28). The number of carbonyl (C=O) groups excluding carboxylic acids is 2. The van der Waals surface area contributed by atoms with E-state index in [1.54, 1.807) is 18.2 Å². The third-order valence-electron chi connectivity index (χ3n) is 4.20. The van der Waals surface area contributed by atoms with Gasteiger partial charge < -0.3 is 16.0 Å². The SMILES string of the molecule is CCCC(=O)Nc1ccc(Cl)c(NCC(=O)Nc2ccc3ccccc3c2)c1. The van der Waals surface area contributed by atoms with Crippen LogP contribution in [0.1, 0.15) is 19.8 Å². The highest BCUT2D eigenvalue weighted by atomic mass is 35.5. The molecule has 0 bridgehead atoms. The molecule has 2 amide bonds. The summed E-state index contributed by atoms with van der Waals surface area (Å²) in [6, 6.07) is 18.9. The Morgan fingerprint density at radius 3 is 2.32 bits per heavy atom. The molecule has 3 N–H and O–H groups in total. The van der Waals surface area contributed by atoms with Crippen LogP contribution >= 0.6 is 11.6 Å². The molecule has 0 heterocycles. The molecule has 3 rings (SSSR count). The maximum Gasteiger partial charge on any atom is 0.243 e. The van der Waals surface area contributed by atoms with E-state index in [0.717, 1.165) is 22.9 Å². The van der Waals surface area contributed by atoms with E-state index in [9.17, 15) is 9.59 Å². The highest BCUT2D eigenvalue weighted by molar-refractivity contribution is 6.33. The molecule has 0 saturated heterocycles. The minimum absolute atomic E-state index is 0.0511. The predicted octanol–water partition coefficient (Wildman–Crippen LogP) is 5.28. The van der Waals surface area contributed by atoms with Gasteiger partial charge in [0.25, 0.3) is 0 Å². The van der Waals surface area contributed by atoms with Gasteiger partial charge in [0.15, 0.2) is 0 Å². The number of benzene rings is 3. The van der Waals surface area contributed by atoms with Crippen LogP contribution in [-0.2, 0) is 9.59 Å². The molecular weight excluding hydrogens is 374 g/mol. The van der Waals surface area contributed by atoms with E-state index in [1.165, 1.54) is 0 Å². The van der Waals surface area contributed by atoms with E-state index in [-0.39, 0.29) is 18.4 Å². The maximum absolute atomic E-state index is 12.3. The van der Waals surface area contributed by atoms with Crippen LogP contribution in [-0.4, -0.2) is 18.4 Å². The molecule has 0 aliphatic rings. The van der Waals surface area contributed by atoms with Crippen molar-refractivity contribution in [3.8, 4) is 0 Å². The molecule has 5 nitrogen and oxygen atoms in total. The van der Waals surface area contributed by atoms with Crippen LogP contribution in [0, 0.1) is 0 Å². The Hall–Kier alpha value is -3.05. The third kappa shape index (κ3) is 5.24. The lowest BCUT2D eigenvalue weighted by molar-refractivity contribution is -0.116. The van der Waals surface area contributed by atoms with Gasteiger partial charge >= 0.3 is 0 Å². The second-order valence-corrected chi connectivity index (χ2v) is 6.86. The van der Waals surface area contributed by atoms with Gasteiger partial charge in [-0.2, -0.15) is 0 Å². The molecule has 0 aromatic heterocycles. The Kier molecular flexibility index (Phi) is 6.50. The lowest BCUT2D eigenvalue weighted by Crippen LogP contribution is -2.22. The molecule has 0 atom stereocenters. The van der Waals surface area contributed by atoms with E-state index >= 15 is 0 Å². The molecule has 0 aliphatic carbocycles. The second-order valence-electron chi connectivity index (χ2n) is 6.46. The second kappa shape index (κ2) is 9.24. The van der Waals surface area contributed by atoms with Crippen molar-refractivity contribution in [2.24, 2.45) is 0 Å². The fourth-order valence-corrected chi connectivity index (χ4v) is 3.02. The lowest BCUT2D eigenvalue weighted by Gasteiger charge is -2.12. The quantitative estimate of drug-likeness (QED) is 0.509. The average molecular weight is 396 g/mol. The van der Waals surface area contributed by atoms with Gasteiger partial charge in [-0.1, -0.05) is 48.9 Å². The fraction of sp³-hybridized carbons (Fsp3) is 0.182. The number of nitrogens with one attached hydrogen (secondary N) is 3. The molecule has 3 aromatic rings. The highest BCUT2D eigenvalue weighted by Crippen LogP contribution is 2.25. The van der Waals surface area contributed by atoms with Gasteiger partial charge in [-0.25, -0.2) is 0 Å². The van der Waals surface area contributed by atoms with Crippen LogP contribution in [0.15, 0.2) is 60.7 Å². The van der Waals surface area contributed by atoms with Crippen molar-refractivity contribution >= 4 is 51.2 Å². The van der Waals surface area contributed by atoms with Crippen molar-refractivity contribution in [2.45, 2.75) is 19.8 Å². The van der Waals surface area contributed by atoms with Crippen LogP contribution in [0.25, 0.3) is 10.8 Å². The van der Waals surface area contributed by atoms with Gasteiger partial charge in [0.2, 0.25) is 11.8 Å². The number of hydrogen-bond donors (Lipinski definition) is 3. The van der Waals surface area contributed by atoms with Crippen molar-refractivity contribution in [3.63, 3.8) is 0 Å².